The summed E-state index contributed by atoms with van der Waals surface area (Å²) >= 11 is 3.66. The Bertz CT molecular complexity index is 1450. The Morgan fingerprint density at radius 2 is 0.967 bits per heavy atom. The first-order valence-electron chi connectivity index (χ1n) is 10.1. The zero-order valence-electron chi connectivity index (χ0n) is 16.1. The second kappa shape index (κ2) is 6.15. The Hall–Kier alpha value is -3.20. The number of benzene rings is 4. The summed E-state index contributed by atoms with van der Waals surface area (Å²) in [5.41, 5.74) is 8.27. The first kappa shape index (κ1) is 16.6. The molecular weight excluding hydrogens is 400 g/mol. The van der Waals surface area contributed by atoms with Crippen LogP contribution < -0.4 is 0 Å². The molecule has 1 aliphatic carbocycles. The van der Waals surface area contributed by atoms with Crippen LogP contribution in [0.3, 0.4) is 0 Å². The van der Waals surface area contributed by atoms with E-state index in [-0.39, 0.29) is 0 Å². The SMILES string of the molecule is c1csc(-c2c3c(c(-c4cccs4)c4ccccc24)-c2cccc4cccc-3c24)c1. The normalized spacial score (nSPS) is 12.0. The minimum atomic E-state index is 1.32. The number of hydrogen-bond acceptors (Lipinski definition) is 2. The monoisotopic (exact) mass is 416 g/mol. The summed E-state index contributed by atoms with van der Waals surface area (Å²) in [6.07, 6.45) is 0. The molecule has 0 fully saturated rings. The molecule has 0 spiro atoms. The maximum Gasteiger partial charge on any atom is 0.0355 e. The Morgan fingerprint density at radius 3 is 1.43 bits per heavy atom. The lowest BCUT2D eigenvalue weighted by atomic mass is 9.86. The van der Waals surface area contributed by atoms with Crippen LogP contribution in [0, 0.1) is 0 Å². The first-order chi connectivity index (χ1) is 14.9. The van der Waals surface area contributed by atoms with Crippen LogP contribution in [-0.2, 0) is 0 Å². The van der Waals surface area contributed by atoms with Crippen LogP contribution in [0.15, 0.2) is 95.7 Å². The molecule has 0 saturated heterocycles. The lowest BCUT2D eigenvalue weighted by Crippen LogP contribution is -1.91. The number of thiophene rings is 2. The summed E-state index contributed by atoms with van der Waals surface area (Å²) in [5.74, 6) is 0. The molecule has 0 amide bonds. The van der Waals surface area contributed by atoms with Crippen molar-refractivity contribution in [1.82, 2.24) is 0 Å². The molecule has 30 heavy (non-hydrogen) atoms. The van der Waals surface area contributed by atoms with Gasteiger partial charge in [-0.1, -0.05) is 72.8 Å². The molecule has 2 aromatic heterocycles. The van der Waals surface area contributed by atoms with E-state index >= 15 is 0 Å². The predicted molar refractivity (Wildman–Crippen MR) is 133 cm³/mol. The Balaban J connectivity index is 1.80. The van der Waals surface area contributed by atoms with Crippen molar-refractivity contribution in [2.45, 2.75) is 0 Å². The fraction of sp³-hybridized carbons (Fsp3) is 0. The molecule has 6 aromatic rings. The highest BCUT2D eigenvalue weighted by molar-refractivity contribution is 7.14. The molecule has 0 nitrogen and oxygen atoms in total. The van der Waals surface area contributed by atoms with Gasteiger partial charge in [-0.25, -0.2) is 0 Å². The van der Waals surface area contributed by atoms with E-state index in [0.29, 0.717) is 0 Å². The number of fused-ring (bicyclic) bond motifs is 4. The van der Waals surface area contributed by atoms with Crippen LogP contribution in [-0.4, -0.2) is 0 Å². The van der Waals surface area contributed by atoms with Crippen molar-refractivity contribution in [3.8, 4) is 43.1 Å². The molecular formula is C28H16S2. The van der Waals surface area contributed by atoms with Crippen molar-refractivity contribution in [2.24, 2.45) is 0 Å². The van der Waals surface area contributed by atoms with Crippen molar-refractivity contribution in [2.75, 3.05) is 0 Å². The van der Waals surface area contributed by atoms with Gasteiger partial charge in [-0.15, -0.1) is 22.7 Å². The zero-order chi connectivity index (χ0) is 19.7. The van der Waals surface area contributed by atoms with Gasteiger partial charge in [0, 0.05) is 32.0 Å². The van der Waals surface area contributed by atoms with Crippen molar-refractivity contribution in [1.29, 1.82) is 0 Å². The molecule has 0 unspecified atom stereocenters. The molecule has 0 atom stereocenters. The summed E-state index contributed by atoms with van der Waals surface area (Å²) in [4.78, 5) is 2.68. The third kappa shape index (κ3) is 2.10. The Labute approximate surface area is 182 Å². The largest absolute Gasteiger partial charge is 0.144 e. The number of rotatable bonds is 2. The van der Waals surface area contributed by atoms with E-state index in [4.69, 9.17) is 0 Å². The molecule has 2 heteroatoms. The standard InChI is InChI=1S/C28H16S2/c1-2-10-19-18(9-1)25(22-13-5-15-29-22)27-20-11-3-7-17-8-4-12-21(24(17)20)28(27)26(19)23-14-6-16-30-23/h1-16H. The molecule has 4 aromatic carbocycles. The van der Waals surface area contributed by atoms with E-state index < -0.39 is 0 Å². The molecule has 0 aliphatic heterocycles. The van der Waals surface area contributed by atoms with Gasteiger partial charge in [0.1, 0.15) is 0 Å². The van der Waals surface area contributed by atoms with Gasteiger partial charge in [0.2, 0.25) is 0 Å². The van der Waals surface area contributed by atoms with E-state index in [1.807, 2.05) is 22.7 Å². The Morgan fingerprint density at radius 1 is 0.433 bits per heavy atom. The maximum atomic E-state index is 2.31. The van der Waals surface area contributed by atoms with Crippen molar-refractivity contribution >= 4 is 44.2 Å². The lowest BCUT2D eigenvalue weighted by molar-refractivity contribution is 1.71. The lowest BCUT2D eigenvalue weighted by Gasteiger charge is -2.18. The Kier molecular flexibility index (Phi) is 3.40. The highest BCUT2D eigenvalue weighted by Crippen LogP contribution is 2.58. The van der Waals surface area contributed by atoms with E-state index in [1.165, 1.54) is 64.7 Å². The molecule has 140 valence electrons. The van der Waals surface area contributed by atoms with Crippen LogP contribution in [0.2, 0.25) is 0 Å². The topological polar surface area (TPSA) is 0 Å². The van der Waals surface area contributed by atoms with Crippen LogP contribution in [0.1, 0.15) is 0 Å². The molecule has 7 rings (SSSR count). The summed E-state index contributed by atoms with van der Waals surface area (Å²) < 4.78 is 0. The molecule has 0 N–H and O–H groups in total. The summed E-state index contributed by atoms with van der Waals surface area (Å²) in [6, 6.07) is 31.3. The van der Waals surface area contributed by atoms with Gasteiger partial charge in [0.25, 0.3) is 0 Å². The van der Waals surface area contributed by atoms with Gasteiger partial charge in [0.05, 0.1) is 0 Å². The molecule has 2 heterocycles. The van der Waals surface area contributed by atoms with Gasteiger partial charge in [-0.2, -0.15) is 0 Å². The second-order valence-electron chi connectivity index (χ2n) is 7.71. The molecule has 0 bridgehead atoms. The van der Waals surface area contributed by atoms with E-state index in [2.05, 4.69) is 95.7 Å². The van der Waals surface area contributed by atoms with Crippen molar-refractivity contribution < 1.29 is 0 Å². The summed E-state index contributed by atoms with van der Waals surface area (Å²) in [7, 11) is 0. The van der Waals surface area contributed by atoms with Crippen LogP contribution in [0.5, 0.6) is 0 Å². The fourth-order valence-corrected chi connectivity index (χ4v) is 6.67. The third-order valence-corrected chi connectivity index (χ3v) is 7.97. The smallest absolute Gasteiger partial charge is 0.0355 e. The zero-order valence-corrected chi connectivity index (χ0v) is 17.7. The van der Waals surface area contributed by atoms with Crippen molar-refractivity contribution in [3.63, 3.8) is 0 Å². The van der Waals surface area contributed by atoms with Gasteiger partial charge in [0.15, 0.2) is 0 Å². The average Bonchev–Trinajstić information content (AvgIpc) is 3.55. The summed E-state index contributed by atoms with van der Waals surface area (Å²) in [5, 5.41) is 9.76. The first-order valence-corrected chi connectivity index (χ1v) is 11.9. The van der Waals surface area contributed by atoms with Gasteiger partial charge >= 0.3 is 0 Å². The minimum Gasteiger partial charge on any atom is -0.144 e. The van der Waals surface area contributed by atoms with E-state index in [9.17, 15) is 0 Å². The maximum absolute atomic E-state index is 2.31. The van der Waals surface area contributed by atoms with Gasteiger partial charge in [-0.05, 0) is 55.6 Å². The van der Waals surface area contributed by atoms with E-state index in [1.54, 1.807) is 0 Å². The molecule has 0 saturated carbocycles. The second-order valence-corrected chi connectivity index (χ2v) is 9.60. The van der Waals surface area contributed by atoms with E-state index in [0.717, 1.165) is 0 Å². The average molecular weight is 417 g/mol. The summed E-state index contributed by atoms with van der Waals surface area (Å²) in [6.45, 7) is 0. The number of hydrogen-bond donors (Lipinski definition) is 0. The highest BCUT2D eigenvalue weighted by atomic mass is 32.1. The highest BCUT2D eigenvalue weighted by Gasteiger charge is 2.30. The van der Waals surface area contributed by atoms with Gasteiger partial charge < -0.3 is 0 Å². The van der Waals surface area contributed by atoms with Crippen LogP contribution >= 0.6 is 22.7 Å². The van der Waals surface area contributed by atoms with Crippen LogP contribution in [0.25, 0.3) is 64.7 Å². The van der Waals surface area contributed by atoms with Crippen LogP contribution in [0.4, 0.5) is 0 Å². The minimum absolute atomic E-state index is 1.32. The third-order valence-electron chi connectivity index (χ3n) is 6.19. The quantitative estimate of drug-likeness (QED) is 0.264. The molecule has 0 radical (unpaired) electrons. The van der Waals surface area contributed by atoms with Crippen molar-refractivity contribution in [3.05, 3.63) is 95.7 Å². The fourth-order valence-electron chi connectivity index (χ4n) is 5.09. The predicted octanol–water partition coefficient (Wildman–Crippen LogP) is 9.10. The van der Waals surface area contributed by atoms with Gasteiger partial charge in [-0.3, -0.25) is 0 Å². The molecule has 1 aliphatic rings.